The Balaban J connectivity index is 4.53. The Hall–Kier alpha value is 0.0600. The van der Waals surface area contributed by atoms with Gasteiger partial charge >= 0.3 is 15.2 Å². The molecule has 0 aromatic rings. The summed E-state index contributed by atoms with van der Waals surface area (Å²) in [6, 6.07) is 0. The van der Waals surface area contributed by atoms with Crippen LogP contribution in [-0.2, 0) is 27.2 Å². The third-order valence-electron chi connectivity index (χ3n) is 9.28. The van der Waals surface area contributed by atoms with Crippen LogP contribution in [0.2, 0.25) is 0 Å². The summed E-state index contributed by atoms with van der Waals surface area (Å²) in [5.41, 5.74) is 23.0. The average Bonchev–Trinajstić information content (AvgIpc) is 3.14. The maximum atomic E-state index is 13.7. The van der Waals surface area contributed by atoms with E-state index in [1.807, 2.05) is 0 Å². The lowest BCUT2D eigenvalue weighted by molar-refractivity contribution is 0.190. The van der Waals surface area contributed by atoms with Gasteiger partial charge in [-0.05, 0) is 104 Å². The fourth-order valence-electron chi connectivity index (χ4n) is 5.93. The van der Waals surface area contributed by atoms with E-state index < -0.39 is 15.2 Å². The third-order valence-corrected chi connectivity index (χ3v) is 13.1. The Labute approximate surface area is 321 Å². The molecule has 12 nitrogen and oxygen atoms in total. The fourth-order valence-corrected chi connectivity index (χ4v) is 9.28. The predicted molar refractivity (Wildman–Crippen MR) is 222 cm³/mol. The molecular weight excluding hydrogens is 698 g/mol. The van der Waals surface area contributed by atoms with Crippen LogP contribution in [0.25, 0.3) is 0 Å². The fraction of sp³-hybridized carbons (Fsp3) is 1.00. The van der Waals surface area contributed by atoms with Gasteiger partial charge in [-0.25, -0.2) is 0 Å². The lowest BCUT2D eigenvalue weighted by atomic mass is 10.1. The molecule has 52 heavy (non-hydrogen) atoms. The summed E-state index contributed by atoms with van der Waals surface area (Å²) >= 11 is 0. The molecule has 0 aliphatic heterocycles. The van der Waals surface area contributed by atoms with Gasteiger partial charge in [-0.2, -0.15) is 0 Å². The zero-order chi connectivity index (χ0) is 38.4. The van der Waals surface area contributed by atoms with Crippen molar-refractivity contribution < 1.29 is 27.2 Å². The third kappa shape index (κ3) is 32.3. The van der Waals surface area contributed by atoms with Crippen molar-refractivity contribution in [3.8, 4) is 0 Å². The number of nitrogens with two attached hydrogens (primary N) is 4. The smallest absolute Gasteiger partial charge is 0.330 e. The molecule has 0 rings (SSSR count). The van der Waals surface area contributed by atoms with Crippen LogP contribution in [0, 0.1) is 0 Å². The monoisotopic (exact) mass is 785 g/mol. The first-order valence-corrected chi connectivity index (χ1v) is 24.8. The van der Waals surface area contributed by atoms with Crippen molar-refractivity contribution in [2.45, 2.75) is 142 Å². The second-order valence-corrected chi connectivity index (χ2v) is 18.6. The number of nitrogens with zero attached hydrogens (tertiary/aromatic N) is 2. The van der Waals surface area contributed by atoms with E-state index in [0.29, 0.717) is 78.0 Å². The van der Waals surface area contributed by atoms with E-state index in [2.05, 4.69) is 23.6 Å². The molecule has 0 heterocycles. The molecule has 0 aromatic carbocycles. The second-order valence-electron chi connectivity index (χ2n) is 14.2. The van der Waals surface area contributed by atoms with E-state index in [-0.39, 0.29) is 0 Å². The van der Waals surface area contributed by atoms with Crippen LogP contribution in [0.1, 0.15) is 142 Å². The normalized spacial score (nSPS) is 14.4. The van der Waals surface area contributed by atoms with Crippen LogP contribution in [0.4, 0.5) is 0 Å². The van der Waals surface area contributed by atoms with Gasteiger partial charge in [-0.15, -0.1) is 0 Å². The highest BCUT2D eigenvalue weighted by Crippen LogP contribution is 2.49. The molecule has 0 saturated carbocycles. The molecule has 2 atom stereocenters. The van der Waals surface area contributed by atoms with Crippen molar-refractivity contribution in [1.82, 2.24) is 9.80 Å². The van der Waals surface area contributed by atoms with Gasteiger partial charge in [-0.3, -0.25) is 9.13 Å². The SMILES string of the molecule is CCCCCCOP(=O)(CCN(CCCN)CCCN)OCCCCCCCCCCOP(=O)(CCN(CCCN)CCCN)OCCCCCC. The molecule has 0 aliphatic rings. The molecular formula is C38H86N6O6P2. The van der Waals surface area contributed by atoms with Crippen molar-refractivity contribution in [3.63, 3.8) is 0 Å². The van der Waals surface area contributed by atoms with E-state index in [9.17, 15) is 9.13 Å². The number of hydrogen-bond donors (Lipinski definition) is 4. The molecule has 314 valence electrons. The first kappa shape index (κ1) is 52.1. The molecule has 0 spiro atoms. The Morgan fingerprint density at radius 2 is 0.615 bits per heavy atom. The van der Waals surface area contributed by atoms with Crippen LogP contribution in [0.5, 0.6) is 0 Å². The Morgan fingerprint density at radius 1 is 0.365 bits per heavy atom. The van der Waals surface area contributed by atoms with Gasteiger partial charge in [0.25, 0.3) is 0 Å². The Bertz CT molecular complexity index is 768. The van der Waals surface area contributed by atoms with Crippen molar-refractivity contribution in [2.75, 3.05) is 104 Å². The first-order chi connectivity index (χ1) is 25.3. The van der Waals surface area contributed by atoms with Crippen molar-refractivity contribution in [2.24, 2.45) is 22.9 Å². The molecule has 0 bridgehead atoms. The van der Waals surface area contributed by atoms with E-state index in [1.165, 1.54) is 0 Å². The molecule has 2 unspecified atom stereocenters. The number of hydrogen-bond acceptors (Lipinski definition) is 12. The Kier molecular flexibility index (Phi) is 38.0. The number of rotatable bonds is 43. The quantitative estimate of drug-likeness (QED) is 0.0350. The molecule has 0 radical (unpaired) electrons. The highest BCUT2D eigenvalue weighted by molar-refractivity contribution is 7.54. The highest BCUT2D eigenvalue weighted by Gasteiger charge is 2.26. The highest BCUT2D eigenvalue weighted by atomic mass is 31.2. The molecule has 0 fully saturated rings. The Morgan fingerprint density at radius 3 is 0.865 bits per heavy atom. The molecule has 0 aliphatic carbocycles. The zero-order valence-electron chi connectivity index (χ0n) is 34.0. The largest absolute Gasteiger partial charge is 0.331 e. The lowest BCUT2D eigenvalue weighted by Gasteiger charge is -2.25. The summed E-state index contributed by atoms with van der Waals surface area (Å²) in [6.45, 7) is 13.7. The van der Waals surface area contributed by atoms with Crippen LogP contribution in [0.15, 0.2) is 0 Å². The standard InChI is InChI=1S/C38H86N6O6P2/c1-3-5-7-15-33-47-51(45,37-31-43(27-19-23-39)28-20-24-40)49-35-17-13-11-9-10-12-14-18-36-50-52(46,48-34-16-8-6-4-2)38-32-44(29-21-25-41)30-22-26-42/h3-42H2,1-2H3. The minimum atomic E-state index is -3.16. The van der Waals surface area contributed by atoms with Gasteiger partial charge < -0.3 is 50.8 Å². The summed E-state index contributed by atoms with van der Waals surface area (Å²) < 4.78 is 51.3. The minimum absolute atomic E-state index is 0.405. The van der Waals surface area contributed by atoms with Crippen LogP contribution >= 0.6 is 15.2 Å². The summed E-state index contributed by atoms with van der Waals surface area (Å²) in [5, 5.41) is 0. The van der Waals surface area contributed by atoms with Crippen molar-refractivity contribution in [1.29, 1.82) is 0 Å². The second kappa shape index (κ2) is 38.0. The minimum Gasteiger partial charge on any atom is -0.330 e. The van der Waals surface area contributed by atoms with E-state index >= 15 is 0 Å². The van der Waals surface area contributed by atoms with Gasteiger partial charge in [0.15, 0.2) is 0 Å². The zero-order valence-corrected chi connectivity index (χ0v) is 35.8. The van der Waals surface area contributed by atoms with Gasteiger partial charge in [-0.1, -0.05) is 90.9 Å². The summed E-state index contributed by atoms with van der Waals surface area (Å²) in [6.07, 6.45) is 21.5. The van der Waals surface area contributed by atoms with Crippen molar-refractivity contribution >= 4 is 15.2 Å². The molecule has 0 amide bonds. The molecule has 0 aromatic heterocycles. The topological polar surface area (TPSA) is 182 Å². The average molecular weight is 785 g/mol. The first-order valence-electron chi connectivity index (χ1n) is 21.3. The van der Waals surface area contributed by atoms with E-state index in [4.69, 9.17) is 41.0 Å². The van der Waals surface area contributed by atoms with Crippen molar-refractivity contribution in [3.05, 3.63) is 0 Å². The summed E-state index contributed by atoms with van der Waals surface area (Å²) in [5.74, 6) is 0. The van der Waals surface area contributed by atoms with Gasteiger partial charge in [0.1, 0.15) is 0 Å². The lowest BCUT2D eigenvalue weighted by Crippen LogP contribution is -2.31. The maximum absolute atomic E-state index is 13.7. The summed E-state index contributed by atoms with van der Waals surface area (Å²) in [7, 11) is -6.32. The molecule has 14 heteroatoms. The van der Waals surface area contributed by atoms with Gasteiger partial charge in [0, 0.05) is 13.1 Å². The predicted octanol–water partition coefficient (Wildman–Crippen LogP) is 7.72. The number of unbranched alkanes of at least 4 members (excludes halogenated alkanes) is 13. The van der Waals surface area contributed by atoms with Gasteiger partial charge in [0.2, 0.25) is 0 Å². The van der Waals surface area contributed by atoms with Crippen LogP contribution < -0.4 is 22.9 Å². The van der Waals surface area contributed by atoms with Gasteiger partial charge in [0.05, 0.1) is 38.8 Å². The van der Waals surface area contributed by atoms with Crippen LogP contribution in [-0.4, -0.2) is 114 Å². The maximum Gasteiger partial charge on any atom is 0.331 e. The van der Waals surface area contributed by atoms with Crippen LogP contribution in [0.3, 0.4) is 0 Å². The summed E-state index contributed by atoms with van der Waals surface area (Å²) in [4.78, 5) is 4.57. The molecule has 0 saturated heterocycles. The molecule has 8 N–H and O–H groups in total. The van der Waals surface area contributed by atoms with E-state index in [1.54, 1.807) is 0 Å². The van der Waals surface area contributed by atoms with E-state index in [0.717, 1.165) is 155 Å².